The van der Waals surface area contributed by atoms with Crippen LogP contribution in [0.2, 0.25) is 0 Å². The van der Waals surface area contributed by atoms with Gasteiger partial charge in [-0.3, -0.25) is 0 Å². The quantitative estimate of drug-likeness (QED) is 0.204. The van der Waals surface area contributed by atoms with E-state index in [2.05, 4.69) is 159 Å². The monoisotopic (exact) mass is 493 g/mol. The van der Waals surface area contributed by atoms with Crippen LogP contribution in [0.4, 0.5) is 17.1 Å². The highest BCUT2D eigenvalue weighted by Gasteiger charge is 2.16. The van der Waals surface area contributed by atoms with Crippen molar-refractivity contribution >= 4 is 58.5 Å². The minimum atomic E-state index is 0.131. The molecule has 0 heterocycles. The maximum absolute atomic E-state index is 3.56. The molecule has 4 rings (SSSR count). The molecule has 0 N–H and O–H groups in total. The summed E-state index contributed by atoms with van der Waals surface area (Å²) in [6, 6.07) is 34.7. The van der Waals surface area contributed by atoms with Crippen LogP contribution in [0, 0.1) is 0 Å². The Hall–Kier alpha value is -3.04. The van der Waals surface area contributed by atoms with Gasteiger partial charge in [-0.1, -0.05) is 103 Å². The van der Waals surface area contributed by atoms with Gasteiger partial charge < -0.3 is 4.90 Å². The molecule has 4 aromatic rings. The van der Waals surface area contributed by atoms with Gasteiger partial charge in [-0.15, -0.1) is 0 Å². The Balaban J connectivity index is 1.65. The van der Waals surface area contributed by atoms with E-state index in [1.165, 1.54) is 22.2 Å². The number of hydrogen-bond donors (Lipinski definition) is 0. The normalized spacial score (nSPS) is 11.6. The van der Waals surface area contributed by atoms with E-state index in [9.17, 15) is 0 Å². The highest BCUT2D eigenvalue weighted by molar-refractivity contribution is 9.10. The Morgan fingerprint density at radius 3 is 1.45 bits per heavy atom. The number of hydrogen-bond acceptors (Lipinski definition) is 1. The van der Waals surface area contributed by atoms with Crippen LogP contribution in [-0.2, 0) is 5.41 Å². The van der Waals surface area contributed by atoms with Gasteiger partial charge in [-0.05, 0) is 70.6 Å². The van der Waals surface area contributed by atoms with E-state index in [0.717, 1.165) is 21.5 Å². The van der Waals surface area contributed by atoms with Gasteiger partial charge in [-0.2, -0.15) is 0 Å². The van der Waals surface area contributed by atoms with E-state index in [0.29, 0.717) is 0 Å². The van der Waals surface area contributed by atoms with Crippen molar-refractivity contribution in [2.75, 3.05) is 4.90 Å². The molecule has 0 atom stereocenters. The molecule has 0 bridgehead atoms. The molecule has 0 aliphatic rings. The second kappa shape index (κ2) is 9.85. The van der Waals surface area contributed by atoms with Crippen molar-refractivity contribution in [1.29, 1.82) is 0 Å². The largest absolute Gasteiger partial charge is 0.311 e. The highest BCUT2D eigenvalue weighted by Crippen LogP contribution is 2.36. The van der Waals surface area contributed by atoms with Crippen molar-refractivity contribution in [3.05, 3.63) is 118 Å². The van der Waals surface area contributed by atoms with Crippen molar-refractivity contribution in [3.63, 3.8) is 0 Å². The van der Waals surface area contributed by atoms with Crippen LogP contribution in [0.5, 0.6) is 0 Å². The third-order valence-corrected chi connectivity index (χ3v) is 6.30. The molecule has 0 aliphatic carbocycles. The van der Waals surface area contributed by atoms with Crippen molar-refractivity contribution in [2.45, 2.75) is 26.2 Å². The van der Waals surface area contributed by atoms with Crippen LogP contribution in [0.15, 0.2) is 102 Å². The maximum atomic E-state index is 3.56. The molecule has 0 unspecified atom stereocenters. The van der Waals surface area contributed by atoms with Gasteiger partial charge in [-0.25, -0.2) is 0 Å². The first-order chi connectivity index (χ1) is 15.8. The van der Waals surface area contributed by atoms with Gasteiger partial charge in [0.15, 0.2) is 0 Å². The zero-order valence-electron chi connectivity index (χ0n) is 19.7. The lowest BCUT2D eigenvalue weighted by molar-refractivity contribution is 0.590. The first-order valence-corrected chi connectivity index (χ1v) is 12.1. The van der Waals surface area contributed by atoms with Gasteiger partial charge in [0.2, 0.25) is 0 Å². The second-order valence-corrected chi connectivity index (χ2v) is 10.4. The van der Waals surface area contributed by atoms with Crippen LogP contribution in [0.25, 0.3) is 12.2 Å². The molecule has 164 valence electrons. The van der Waals surface area contributed by atoms with Crippen molar-refractivity contribution in [2.24, 2.45) is 0 Å². The van der Waals surface area contributed by atoms with Gasteiger partial charge in [0, 0.05) is 21.5 Å². The number of benzene rings is 4. The van der Waals surface area contributed by atoms with E-state index in [-0.39, 0.29) is 5.41 Å². The minimum absolute atomic E-state index is 0.131. The summed E-state index contributed by atoms with van der Waals surface area (Å²) in [4.78, 5) is 2.30. The van der Waals surface area contributed by atoms with Gasteiger partial charge in [0.1, 0.15) is 7.85 Å². The summed E-state index contributed by atoms with van der Waals surface area (Å²) < 4.78 is 1.07. The molecule has 1 nitrogen and oxygen atoms in total. The molecule has 0 radical (unpaired) electrons. The lowest BCUT2D eigenvalue weighted by Gasteiger charge is -2.27. The molecular weight excluding hydrogens is 465 g/mol. The molecule has 0 spiro atoms. The minimum Gasteiger partial charge on any atom is -0.311 e. The number of halogens is 1. The molecule has 0 saturated carbocycles. The van der Waals surface area contributed by atoms with E-state index in [1.807, 2.05) is 0 Å². The number of anilines is 3. The van der Waals surface area contributed by atoms with Crippen LogP contribution < -0.4 is 10.4 Å². The zero-order chi connectivity index (χ0) is 23.4. The molecule has 0 aromatic heterocycles. The molecule has 0 aliphatic heterocycles. The van der Waals surface area contributed by atoms with Crippen molar-refractivity contribution < 1.29 is 0 Å². The third-order valence-electron chi connectivity index (χ3n) is 5.77. The lowest BCUT2D eigenvalue weighted by atomic mass is 9.87. The summed E-state index contributed by atoms with van der Waals surface area (Å²) in [5.74, 6) is 0. The summed E-state index contributed by atoms with van der Waals surface area (Å²) in [6.45, 7) is 6.74. The maximum Gasteiger partial charge on any atom is 0.139 e. The Kier molecular flexibility index (Phi) is 6.90. The van der Waals surface area contributed by atoms with E-state index < -0.39 is 0 Å². The molecule has 0 amide bonds. The Labute approximate surface area is 207 Å². The van der Waals surface area contributed by atoms with Gasteiger partial charge in [0.05, 0.1) is 0 Å². The first kappa shape index (κ1) is 23.1. The fraction of sp³-hybridized carbons (Fsp3) is 0.133. The van der Waals surface area contributed by atoms with Crippen molar-refractivity contribution in [1.82, 2.24) is 0 Å². The average molecular weight is 494 g/mol. The Morgan fingerprint density at radius 2 is 1.00 bits per heavy atom. The molecule has 0 saturated heterocycles. The summed E-state index contributed by atoms with van der Waals surface area (Å²) >= 11 is 3.56. The summed E-state index contributed by atoms with van der Waals surface area (Å²) in [6.07, 6.45) is 4.32. The van der Waals surface area contributed by atoms with E-state index in [1.54, 1.807) is 0 Å². The fourth-order valence-corrected chi connectivity index (χ4v) is 4.02. The van der Waals surface area contributed by atoms with Gasteiger partial charge in [0.25, 0.3) is 0 Å². The third kappa shape index (κ3) is 5.86. The zero-order valence-corrected chi connectivity index (χ0v) is 21.3. The van der Waals surface area contributed by atoms with Gasteiger partial charge >= 0.3 is 0 Å². The molecule has 3 heteroatoms. The molecule has 0 fully saturated rings. The SMILES string of the molecule is Bc1ccc(/C=C/c2ccc(N(c3ccc(Br)cc3)c3ccc(C(C)(C)C)cc3)cc2)cc1. The standard InChI is InChI=1S/C30H29BBrN/c1-30(2,3)24-10-18-28(19-11-24)33(29-20-14-26(32)15-21-29)27-16-8-23(9-17-27)5-4-22-6-12-25(31)13-7-22/h4-21H,31H2,1-3H3/b5-4+. The topological polar surface area (TPSA) is 3.24 Å². The van der Waals surface area contributed by atoms with Crippen LogP contribution in [0.3, 0.4) is 0 Å². The highest BCUT2D eigenvalue weighted by atomic mass is 79.9. The Bertz CT molecular complexity index is 1220. The summed E-state index contributed by atoms with van der Waals surface area (Å²) in [5.41, 5.74) is 8.54. The fourth-order valence-electron chi connectivity index (χ4n) is 3.75. The van der Waals surface area contributed by atoms with Crippen molar-refractivity contribution in [3.8, 4) is 0 Å². The van der Waals surface area contributed by atoms with E-state index >= 15 is 0 Å². The number of nitrogens with zero attached hydrogens (tertiary/aromatic N) is 1. The molecular formula is C30H29BBrN. The van der Waals surface area contributed by atoms with Crippen LogP contribution in [0.1, 0.15) is 37.5 Å². The molecule has 4 aromatic carbocycles. The number of rotatable bonds is 5. The van der Waals surface area contributed by atoms with Crippen LogP contribution in [-0.4, -0.2) is 7.85 Å². The summed E-state index contributed by atoms with van der Waals surface area (Å²) in [7, 11) is 2.11. The lowest BCUT2D eigenvalue weighted by Crippen LogP contribution is -2.13. The summed E-state index contributed by atoms with van der Waals surface area (Å²) in [5, 5.41) is 0. The second-order valence-electron chi connectivity index (χ2n) is 9.44. The van der Waals surface area contributed by atoms with E-state index in [4.69, 9.17) is 0 Å². The molecule has 33 heavy (non-hydrogen) atoms. The average Bonchev–Trinajstić information content (AvgIpc) is 2.81. The predicted octanol–water partition coefficient (Wildman–Crippen LogP) is 7.65. The smallest absolute Gasteiger partial charge is 0.139 e. The Morgan fingerprint density at radius 1 is 0.606 bits per heavy atom. The van der Waals surface area contributed by atoms with Crippen LogP contribution >= 0.6 is 15.9 Å². The first-order valence-electron chi connectivity index (χ1n) is 11.3. The predicted molar refractivity (Wildman–Crippen MR) is 151 cm³/mol.